The maximum Gasteiger partial charge on any atom is 0.224 e. The van der Waals surface area contributed by atoms with Gasteiger partial charge in [-0.05, 0) is 38.8 Å². The van der Waals surface area contributed by atoms with E-state index in [1.54, 1.807) is 0 Å². The molecule has 0 radical (unpaired) electrons. The van der Waals surface area contributed by atoms with E-state index in [0.29, 0.717) is 12.3 Å². The van der Waals surface area contributed by atoms with Crippen molar-refractivity contribution >= 4 is 5.91 Å². The van der Waals surface area contributed by atoms with Crippen LogP contribution in [0.5, 0.6) is 0 Å². The van der Waals surface area contributed by atoms with Gasteiger partial charge in [-0.15, -0.1) is 0 Å². The number of carbonyl (C=O) groups is 1. The molecule has 2 aliphatic heterocycles. The number of carbonyl (C=O) groups excluding carboxylic acids is 1. The minimum atomic E-state index is 0.193. The predicted molar refractivity (Wildman–Crippen MR) is 82.1 cm³/mol. The summed E-state index contributed by atoms with van der Waals surface area (Å²) >= 11 is 0. The molecular formula is C16H26N4O. The van der Waals surface area contributed by atoms with Crippen LogP contribution < -0.4 is 5.32 Å². The summed E-state index contributed by atoms with van der Waals surface area (Å²) in [5.41, 5.74) is 1.48. The van der Waals surface area contributed by atoms with Crippen molar-refractivity contribution in [2.24, 2.45) is 0 Å². The zero-order chi connectivity index (χ0) is 14.7. The molecule has 0 aromatic carbocycles. The molecule has 3 heterocycles. The average molecular weight is 290 g/mol. The highest BCUT2D eigenvalue weighted by atomic mass is 16.2. The van der Waals surface area contributed by atoms with Crippen molar-refractivity contribution in [3.8, 4) is 0 Å². The topological polar surface area (TPSA) is 50.2 Å². The van der Waals surface area contributed by atoms with Gasteiger partial charge in [-0.1, -0.05) is 6.92 Å². The standard InChI is InChI=1S/C16H26N4O/c1-16(5-7-17-8-6-16)14-12-18-13-20(14)11-4-15(21)19-9-2-3-10-19/h12-13,17H,2-11H2,1H3. The summed E-state index contributed by atoms with van der Waals surface area (Å²) in [4.78, 5) is 18.5. The van der Waals surface area contributed by atoms with E-state index in [1.165, 1.54) is 5.69 Å². The molecule has 1 amide bonds. The van der Waals surface area contributed by atoms with E-state index < -0.39 is 0 Å². The Morgan fingerprint density at radius 3 is 2.76 bits per heavy atom. The third kappa shape index (κ3) is 3.12. The van der Waals surface area contributed by atoms with Crippen LogP contribution >= 0.6 is 0 Å². The quantitative estimate of drug-likeness (QED) is 0.915. The van der Waals surface area contributed by atoms with Gasteiger partial charge in [-0.2, -0.15) is 0 Å². The van der Waals surface area contributed by atoms with Gasteiger partial charge in [0.1, 0.15) is 0 Å². The molecule has 5 nitrogen and oxygen atoms in total. The second-order valence-electron chi connectivity index (χ2n) is 6.62. The van der Waals surface area contributed by atoms with Crippen molar-refractivity contribution in [3.63, 3.8) is 0 Å². The first-order chi connectivity index (χ1) is 10.2. The average Bonchev–Trinajstić information content (AvgIpc) is 3.17. The lowest BCUT2D eigenvalue weighted by Crippen LogP contribution is -2.39. The fourth-order valence-electron chi connectivity index (χ4n) is 3.58. The highest BCUT2D eigenvalue weighted by Crippen LogP contribution is 2.32. The number of hydrogen-bond acceptors (Lipinski definition) is 3. The Morgan fingerprint density at radius 2 is 2.05 bits per heavy atom. The fraction of sp³-hybridized carbons (Fsp3) is 0.750. The van der Waals surface area contributed by atoms with Crippen molar-refractivity contribution in [2.75, 3.05) is 26.2 Å². The van der Waals surface area contributed by atoms with Crippen LogP contribution in [0, 0.1) is 0 Å². The summed E-state index contributed by atoms with van der Waals surface area (Å²) in [6.07, 6.45) is 9.07. The lowest BCUT2D eigenvalue weighted by atomic mass is 9.78. The molecule has 116 valence electrons. The third-order valence-corrected chi connectivity index (χ3v) is 5.06. The normalized spacial score (nSPS) is 21.7. The summed E-state index contributed by atoms with van der Waals surface area (Å²) in [6, 6.07) is 0. The van der Waals surface area contributed by atoms with E-state index in [0.717, 1.165) is 58.4 Å². The first-order valence-corrected chi connectivity index (χ1v) is 8.18. The summed E-state index contributed by atoms with van der Waals surface area (Å²) in [6.45, 7) is 7.10. The molecule has 0 unspecified atom stereocenters. The van der Waals surface area contributed by atoms with Gasteiger partial charge in [0.2, 0.25) is 5.91 Å². The van der Waals surface area contributed by atoms with Gasteiger partial charge >= 0.3 is 0 Å². The van der Waals surface area contributed by atoms with Crippen molar-refractivity contribution < 1.29 is 4.79 Å². The maximum atomic E-state index is 12.2. The second-order valence-corrected chi connectivity index (χ2v) is 6.62. The summed E-state index contributed by atoms with van der Waals surface area (Å²) < 4.78 is 2.19. The van der Waals surface area contributed by atoms with E-state index in [1.807, 2.05) is 17.4 Å². The number of aromatic nitrogens is 2. The van der Waals surface area contributed by atoms with Gasteiger partial charge in [0.15, 0.2) is 0 Å². The number of imidazole rings is 1. The number of likely N-dealkylation sites (tertiary alicyclic amines) is 1. The second kappa shape index (κ2) is 6.18. The zero-order valence-electron chi connectivity index (χ0n) is 13.0. The van der Waals surface area contributed by atoms with Crippen LogP contribution in [0.2, 0.25) is 0 Å². The van der Waals surface area contributed by atoms with E-state index in [4.69, 9.17) is 0 Å². The van der Waals surface area contributed by atoms with Gasteiger partial charge in [0.05, 0.1) is 6.33 Å². The molecule has 0 spiro atoms. The molecule has 2 saturated heterocycles. The molecular weight excluding hydrogens is 264 g/mol. The Kier molecular flexibility index (Phi) is 4.29. The highest BCUT2D eigenvalue weighted by molar-refractivity contribution is 5.76. The molecule has 0 bridgehead atoms. The van der Waals surface area contributed by atoms with E-state index in [-0.39, 0.29) is 5.41 Å². The Balaban J connectivity index is 1.63. The molecule has 2 fully saturated rings. The number of amides is 1. The number of piperidine rings is 1. The first-order valence-electron chi connectivity index (χ1n) is 8.18. The lowest BCUT2D eigenvalue weighted by Gasteiger charge is -2.34. The van der Waals surface area contributed by atoms with Crippen LogP contribution in [0.15, 0.2) is 12.5 Å². The minimum Gasteiger partial charge on any atom is -0.343 e. The van der Waals surface area contributed by atoms with Crippen molar-refractivity contribution in [3.05, 3.63) is 18.2 Å². The van der Waals surface area contributed by atoms with E-state index >= 15 is 0 Å². The van der Waals surface area contributed by atoms with Crippen LogP contribution in [0.25, 0.3) is 0 Å². The highest BCUT2D eigenvalue weighted by Gasteiger charge is 2.31. The van der Waals surface area contributed by atoms with E-state index in [9.17, 15) is 4.79 Å². The molecule has 3 rings (SSSR count). The van der Waals surface area contributed by atoms with Gasteiger partial charge in [0, 0.05) is 43.4 Å². The number of nitrogens with zero attached hydrogens (tertiary/aromatic N) is 3. The largest absolute Gasteiger partial charge is 0.343 e. The Bertz CT molecular complexity index is 484. The first kappa shape index (κ1) is 14.6. The fourth-order valence-corrected chi connectivity index (χ4v) is 3.58. The van der Waals surface area contributed by atoms with Crippen molar-refractivity contribution in [1.29, 1.82) is 0 Å². The zero-order valence-corrected chi connectivity index (χ0v) is 13.0. The SMILES string of the molecule is CC1(c2cncn2CCC(=O)N2CCCC2)CCNCC1. The van der Waals surface area contributed by atoms with Crippen LogP contribution in [-0.4, -0.2) is 46.5 Å². The molecule has 5 heteroatoms. The van der Waals surface area contributed by atoms with Crippen molar-refractivity contribution in [2.45, 2.75) is 51.0 Å². The van der Waals surface area contributed by atoms with Gasteiger partial charge in [0.25, 0.3) is 0 Å². The Labute approximate surface area is 126 Å². The molecule has 1 aromatic heterocycles. The smallest absolute Gasteiger partial charge is 0.224 e. The molecule has 21 heavy (non-hydrogen) atoms. The number of hydrogen-bond donors (Lipinski definition) is 1. The third-order valence-electron chi connectivity index (χ3n) is 5.06. The van der Waals surface area contributed by atoms with Crippen LogP contribution in [0.4, 0.5) is 0 Å². The monoisotopic (exact) mass is 290 g/mol. The molecule has 1 aromatic rings. The minimum absolute atomic E-state index is 0.193. The lowest BCUT2D eigenvalue weighted by molar-refractivity contribution is -0.130. The Morgan fingerprint density at radius 1 is 1.33 bits per heavy atom. The number of rotatable bonds is 4. The summed E-state index contributed by atoms with van der Waals surface area (Å²) in [5.74, 6) is 0.294. The summed E-state index contributed by atoms with van der Waals surface area (Å²) in [5, 5.41) is 3.42. The molecule has 1 N–H and O–H groups in total. The number of nitrogens with one attached hydrogen (secondary N) is 1. The van der Waals surface area contributed by atoms with Crippen molar-refractivity contribution in [1.82, 2.24) is 19.8 Å². The molecule has 0 saturated carbocycles. The van der Waals surface area contributed by atoms with Crippen LogP contribution in [0.1, 0.15) is 44.7 Å². The maximum absolute atomic E-state index is 12.2. The number of aryl methyl sites for hydroxylation is 1. The van der Waals surface area contributed by atoms with Crippen LogP contribution in [-0.2, 0) is 16.8 Å². The molecule has 2 aliphatic rings. The Hall–Kier alpha value is -1.36. The molecule has 0 atom stereocenters. The predicted octanol–water partition coefficient (Wildman–Crippen LogP) is 1.54. The van der Waals surface area contributed by atoms with E-state index in [2.05, 4.69) is 21.8 Å². The van der Waals surface area contributed by atoms with Gasteiger partial charge in [-0.25, -0.2) is 4.98 Å². The van der Waals surface area contributed by atoms with Gasteiger partial charge < -0.3 is 14.8 Å². The summed E-state index contributed by atoms with van der Waals surface area (Å²) in [7, 11) is 0. The van der Waals surface area contributed by atoms with Gasteiger partial charge in [-0.3, -0.25) is 4.79 Å². The van der Waals surface area contributed by atoms with Crippen LogP contribution in [0.3, 0.4) is 0 Å². The molecule has 0 aliphatic carbocycles.